The maximum absolute atomic E-state index is 11.1. The number of aliphatic carboxylic acids is 1. The summed E-state index contributed by atoms with van der Waals surface area (Å²) in [4.78, 5) is 25.9. The summed E-state index contributed by atoms with van der Waals surface area (Å²) in [7, 11) is 1.38. The first-order valence-electron chi connectivity index (χ1n) is 4.79. The fourth-order valence-electron chi connectivity index (χ4n) is 1.23. The molecule has 4 N–H and O–H groups in total. The highest BCUT2D eigenvalue weighted by Gasteiger charge is 2.19. The van der Waals surface area contributed by atoms with Crippen molar-refractivity contribution in [2.45, 2.75) is 6.04 Å². The summed E-state index contributed by atoms with van der Waals surface area (Å²) in [5.41, 5.74) is 5.28. The van der Waals surface area contributed by atoms with Crippen molar-refractivity contribution in [2.24, 2.45) is 5.73 Å². The molecule has 0 aliphatic rings. The number of nitrogens with zero attached hydrogens (tertiary/aromatic N) is 1. The van der Waals surface area contributed by atoms with E-state index in [2.05, 4.69) is 10.3 Å². The Hall–Kier alpha value is -2.15. The van der Waals surface area contributed by atoms with E-state index in [1.165, 1.54) is 25.4 Å². The molecule has 0 aliphatic heterocycles. The lowest BCUT2D eigenvalue weighted by molar-refractivity contribution is -0.139. The van der Waals surface area contributed by atoms with E-state index < -0.39 is 17.9 Å². The predicted octanol–water partition coefficient (Wildman–Crippen LogP) is -0.308. The average molecular weight is 239 g/mol. The molecule has 1 amide bonds. The van der Waals surface area contributed by atoms with E-state index in [0.717, 1.165) is 0 Å². The van der Waals surface area contributed by atoms with Crippen molar-refractivity contribution in [2.75, 3.05) is 19.0 Å². The number of ether oxygens (including phenoxy) is 1. The van der Waals surface area contributed by atoms with E-state index in [1.54, 1.807) is 0 Å². The molecule has 17 heavy (non-hydrogen) atoms. The number of carboxylic acid groups (broad SMARTS) is 1. The molecule has 1 aromatic heterocycles. The molecule has 1 atom stereocenters. The number of aromatic nitrogens is 1. The molecule has 1 aromatic rings. The molecule has 92 valence electrons. The van der Waals surface area contributed by atoms with Crippen LogP contribution in [0, 0.1) is 0 Å². The SMILES string of the molecule is COCC(Nc1ncccc1C(N)=O)C(=O)O. The Morgan fingerprint density at radius 3 is 2.88 bits per heavy atom. The number of pyridine rings is 1. The van der Waals surface area contributed by atoms with Crippen molar-refractivity contribution >= 4 is 17.7 Å². The van der Waals surface area contributed by atoms with Crippen molar-refractivity contribution in [3.8, 4) is 0 Å². The van der Waals surface area contributed by atoms with Crippen LogP contribution in [0.5, 0.6) is 0 Å². The fraction of sp³-hybridized carbons (Fsp3) is 0.300. The zero-order valence-electron chi connectivity index (χ0n) is 9.21. The van der Waals surface area contributed by atoms with E-state index in [0.29, 0.717) is 0 Å². The molecule has 0 saturated heterocycles. The van der Waals surface area contributed by atoms with E-state index in [1.807, 2.05) is 0 Å². The van der Waals surface area contributed by atoms with Gasteiger partial charge in [-0.25, -0.2) is 9.78 Å². The Labute approximate surface area is 97.6 Å². The van der Waals surface area contributed by atoms with Gasteiger partial charge in [0.25, 0.3) is 5.91 Å². The number of nitrogens with one attached hydrogen (secondary N) is 1. The van der Waals surface area contributed by atoms with Gasteiger partial charge >= 0.3 is 5.97 Å². The highest BCUT2D eigenvalue weighted by atomic mass is 16.5. The quantitative estimate of drug-likeness (QED) is 0.627. The van der Waals surface area contributed by atoms with E-state index in [-0.39, 0.29) is 18.0 Å². The normalized spacial score (nSPS) is 11.8. The van der Waals surface area contributed by atoms with Gasteiger partial charge in [-0.2, -0.15) is 0 Å². The van der Waals surface area contributed by atoms with Crippen LogP contribution in [0.25, 0.3) is 0 Å². The summed E-state index contributed by atoms with van der Waals surface area (Å²) in [5, 5.41) is 11.5. The number of carbonyl (C=O) groups excluding carboxylic acids is 1. The summed E-state index contributed by atoms with van der Waals surface area (Å²) in [6.45, 7) is -0.0515. The van der Waals surface area contributed by atoms with Crippen molar-refractivity contribution < 1.29 is 19.4 Å². The van der Waals surface area contributed by atoms with Crippen LogP contribution in [0.15, 0.2) is 18.3 Å². The van der Waals surface area contributed by atoms with Gasteiger partial charge in [0.1, 0.15) is 11.9 Å². The second-order valence-corrected chi connectivity index (χ2v) is 3.25. The highest BCUT2D eigenvalue weighted by molar-refractivity contribution is 5.98. The van der Waals surface area contributed by atoms with Crippen LogP contribution in [-0.4, -0.2) is 41.7 Å². The third-order valence-electron chi connectivity index (χ3n) is 2.02. The topological polar surface area (TPSA) is 115 Å². The van der Waals surface area contributed by atoms with Crippen LogP contribution in [-0.2, 0) is 9.53 Å². The predicted molar refractivity (Wildman–Crippen MR) is 59.7 cm³/mol. The van der Waals surface area contributed by atoms with Gasteiger partial charge in [0.15, 0.2) is 0 Å². The number of carbonyl (C=O) groups is 2. The van der Waals surface area contributed by atoms with Gasteiger partial charge in [-0.3, -0.25) is 4.79 Å². The third-order valence-corrected chi connectivity index (χ3v) is 2.02. The number of rotatable bonds is 6. The minimum absolute atomic E-state index is 0.0515. The average Bonchev–Trinajstić information content (AvgIpc) is 2.28. The van der Waals surface area contributed by atoms with Crippen LogP contribution in [0.1, 0.15) is 10.4 Å². The Morgan fingerprint density at radius 2 is 2.35 bits per heavy atom. The number of anilines is 1. The summed E-state index contributed by atoms with van der Waals surface area (Å²) in [6.07, 6.45) is 1.43. The zero-order chi connectivity index (χ0) is 12.8. The van der Waals surface area contributed by atoms with Crippen LogP contribution in [0.3, 0.4) is 0 Å². The van der Waals surface area contributed by atoms with Crippen LogP contribution in [0.2, 0.25) is 0 Å². The molecule has 0 spiro atoms. The molecule has 1 heterocycles. The van der Waals surface area contributed by atoms with Crippen LogP contribution < -0.4 is 11.1 Å². The summed E-state index contributed by atoms with van der Waals surface area (Å²) in [6, 6.07) is 2.01. The maximum atomic E-state index is 11.1. The fourth-order valence-corrected chi connectivity index (χ4v) is 1.23. The number of amides is 1. The molecular formula is C10H13N3O4. The number of carboxylic acids is 1. The van der Waals surface area contributed by atoms with Crippen molar-refractivity contribution in [3.63, 3.8) is 0 Å². The number of methoxy groups -OCH3 is 1. The van der Waals surface area contributed by atoms with Gasteiger partial charge < -0.3 is 20.9 Å². The van der Waals surface area contributed by atoms with Gasteiger partial charge in [0.05, 0.1) is 12.2 Å². The molecule has 1 rings (SSSR count). The summed E-state index contributed by atoms with van der Waals surface area (Å²) < 4.78 is 4.75. The molecule has 7 heteroatoms. The molecule has 0 radical (unpaired) electrons. The number of hydrogen-bond acceptors (Lipinski definition) is 5. The zero-order valence-corrected chi connectivity index (χ0v) is 9.21. The second kappa shape index (κ2) is 5.80. The molecule has 0 aliphatic carbocycles. The Kier molecular flexibility index (Phi) is 4.41. The van der Waals surface area contributed by atoms with Crippen molar-refractivity contribution in [3.05, 3.63) is 23.9 Å². The number of nitrogens with two attached hydrogens (primary N) is 1. The summed E-state index contributed by atoms with van der Waals surface area (Å²) in [5.74, 6) is -1.65. The molecule has 1 unspecified atom stereocenters. The van der Waals surface area contributed by atoms with Crippen molar-refractivity contribution in [1.29, 1.82) is 0 Å². The third kappa shape index (κ3) is 3.42. The maximum Gasteiger partial charge on any atom is 0.328 e. The Bertz CT molecular complexity index is 422. The van der Waals surface area contributed by atoms with E-state index in [9.17, 15) is 9.59 Å². The van der Waals surface area contributed by atoms with Crippen molar-refractivity contribution in [1.82, 2.24) is 4.98 Å². The standard InChI is InChI=1S/C10H13N3O4/c1-17-5-7(10(15)16)13-9-6(8(11)14)3-2-4-12-9/h2-4,7H,5H2,1H3,(H2,11,14)(H,12,13)(H,15,16). The number of primary amides is 1. The van der Waals surface area contributed by atoms with E-state index >= 15 is 0 Å². The van der Waals surface area contributed by atoms with Gasteiger partial charge in [-0.15, -0.1) is 0 Å². The number of hydrogen-bond donors (Lipinski definition) is 3. The highest BCUT2D eigenvalue weighted by Crippen LogP contribution is 2.12. The molecule has 0 saturated carbocycles. The lowest BCUT2D eigenvalue weighted by Crippen LogP contribution is -2.34. The Balaban J connectivity index is 2.92. The first kappa shape index (κ1) is 12.9. The van der Waals surface area contributed by atoms with Gasteiger partial charge in [-0.1, -0.05) is 0 Å². The monoisotopic (exact) mass is 239 g/mol. The van der Waals surface area contributed by atoms with Gasteiger partial charge in [-0.05, 0) is 12.1 Å². The lowest BCUT2D eigenvalue weighted by atomic mass is 10.2. The van der Waals surface area contributed by atoms with Crippen LogP contribution >= 0.6 is 0 Å². The largest absolute Gasteiger partial charge is 0.480 e. The molecule has 0 aromatic carbocycles. The van der Waals surface area contributed by atoms with Gasteiger partial charge in [0.2, 0.25) is 0 Å². The lowest BCUT2D eigenvalue weighted by Gasteiger charge is -2.15. The summed E-state index contributed by atoms with van der Waals surface area (Å²) >= 11 is 0. The van der Waals surface area contributed by atoms with E-state index in [4.69, 9.17) is 15.6 Å². The first-order chi connectivity index (χ1) is 8.06. The smallest absolute Gasteiger partial charge is 0.328 e. The molecule has 7 nitrogen and oxygen atoms in total. The second-order valence-electron chi connectivity index (χ2n) is 3.25. The molecule has 0 bridgehead atoms. The van der Waals surface area contributed by atoms with Gasteiger partial charge in [0, 0.05) is 13.3 Å². The Morgan fingerprint density at radius 1 is 1.65 bits per heavy atom. The van der Waals surface area contributed by atoms with Crippen LogP contribution in [0.4, 0.5) is 5.82 Å². The molecule has 0 fully saturated rings. The molecular weight excluding hydrogens is 226 g/mol. The first-order valence-corrected chi connectivity index (χ1v) is 4.79. The minimum Gasteiger partial charge on any atom is -0.480 e. The minimum atomic E-state index is -1.10.